The number of amides is 2. The fourth-order valence-electron chi connectivity index (χ4n) is 4.09. The summed E-state index contributed by atoms with van der Waals surface area (Å²) in [6.45, 7) is 3.07. The van der Waals surface area contributed by atoms with E-state index in [2.05, 4.69) is 20.5 Å². The second-order valence-electron chi connectivity index (χ2n) is 8.18. The minimum atomic E-state index is -0.141. The van der Waals surface area contributed by atoms with Gasteiger partial charge in [0.1, 0.15) is 15.8 Å². The number of hydrogen-bond acceptors (Lipinski definition) is 6. The average molecular weight is 458 g/mol. The van der Waals surface area contributed by atoms with E-state index in [-0.39, 0.29) is 17.7 Å². The van der Waals surface area contributed by atoms with E-state index < -0.39 is 0 Å². The van der Waals surface area contributed by atoms with Gasteiger partial charge in [0.2, 0.25) is 5.91 Å². The standard InChI is InChI=1S/C25H23N5O2S/c1-16-28-29-24(33-16)19-7-8-20-15-26-22(14-21(20)13-19)27-23(31)17-9-11-30(12-10-17)25(32)18-5-3-2-4-6-18/h2-8,13-15,17H,9-12H2,1H3,(H,26,27,31). The first kappa shape index (κ1) is 21.2. The van der Waals surface area contributed by atoms with Gasteiger partial charge in [-0.15, -0.1) is 10.2 Å². The van der Waals surface area contributed by atoms with Crippen LogP contribution in [0.5, 0.6) is 0 Å². The molecule has 1 aliphatic heterocycles. The fraction of sp³-hybridized carbons (Fsp3) is 0.240. The van der Waals surface area contributed by atoms with Crippen molar-refractivity contribution in [1.82, 2.24) is 20.1 Å². The number of benzene rings is 2. The molecule has 1 saturated heterocycles. The molecule has 2 amide bonds. The summed E-state index contributed by atoms with van der Waals surface area (Å²) in [6, 6.07) is 17.2. The second-order valence-corrected chi connectivity index (χ2v) is 9.36. The summed E-state index contributed by atoms with van der Waals surface area (Å²) in [4.78, 5) is 31.7. The van der Waals surface area contributed by atoms with E-state index in [1.807, 2.05) is 66.4 Å². The maximum absolute atomic E-state index is 12.9. The van der Waals surface area contributed by atoms with Crippen LogP contribution in [0.3, 0.4) is 0 Å². The fourth-order valence-corrected chi connectivity index (χ4v) is 4.78. The molecule has 0 spiro atoms. The number of pyridine rings is 1. The first-order valence-corrected chi connectivity index (χ1v) is 11.7. The summed E-state index contributed by atoms with van der Waals surface area (Å²) in [5.74, 6) is 0.357. The van der Waals surface area contributed by atoms with Gasteiger partial charge in [-0.2, -0.15) is 0 Å². The van der Waals surface area contributed by atoms with Crippen LogP contribution in [-0.2, 0) is 4.79 Å². The zero-order valence-corrected chi connectivity index (χ0v) is 19.0. The van der Waals surface area contributed by atoms with Crippen molar-refractivity contribution in [2.45, 2.75) is 19.8 Å². The molecule has 0 saturated carbocycles. The highest BCUT2D eigenvalue weighted by Crippen LogP contribution is 2.28. The Bertz CT molecular complexity index is 1310. The molecule has 0 atom stereocenters. The molecule has 4 aromatic rings. The van der Waals surface area contributed by atoms with Crippen molar-refractivity contribution in [1.29, 1.82) is 0 Å². The monoisotopic (exact) mass is 457 g/mol. The van der Waals surface area contributed by atoms with Crippen molar-refractivity contribution in [3.05, 3.63) is 71.4 Å². The summed E-state index contributed by atoms with van der Waals surface area (Å²) in [7, 11) is 0. The van der Waals surface area contributed by atoms with E-state index in [0.717, 1.165) is 26.4 Å². The van der Waals surface area contributed by atoms with Crippen molar-refractivity contribution in [3.8, 4) is 10.6 Å². The number of anilines is 1. The van der Waals surface area contributed by atoms with Gasteiger partial charge in [0.15, 0.2) is 0 Å². The molecular weight excluding hydrogens is 434 g/mol. The third-order valence-electron chi connectivity index (χ3n) is 5.92. The molecule has 2 aromatic heterocycles. The number of hydrogen-bond donors (Lipinski definition) is 1. The van der Waals surface area contributed by atoms with Crippen molar-refractivity contribution < 1.29 is 9.59 Å². The number of rotatable bonds is 4. The number of piperidine rings is 1. The van der Waals surface area contributed by atoms with E-state index in [1.54, 1.807) is 17.5 Å². The van der Waals surface area contributed by atoms with Crippen LogP contribution >= 0.6 is 11.3 Å². The van der Waals surface area contributed by atoms with Crippen LogP contribution in [-0.4, -0.2) is 45.0 Å². The Morgan fingerprint density at radius 3 is 2.52 bits per heavy atom. The smallest absolute Gasteiger partial charge is 0.253 e. The Kier molecular flexibility index (Phi) is 5.83. The van der Waals surface area contributed by atoms with Gasteiger partial charge in [0.05, 0.1) is 0 Å². The molecule has 2 aromatic carbocycles. The second kappa shape index (κ2) is 9.07. The van der Waals surface area contributed by atoms with Crippen molar-refractivity contribution in [3.63, 3.8) is 0 Å². The topological polar surface area (TPSA) is 88.1 Å². The summed E-state index contributed by atoms with van der Waals surface area (Å²) in [5, 5.41) is 15.0. The van der Waals surface area contributed by atoms with Gasteiger partial charge < -0.3 is 10.2 Å². The third-order valence-corrected chi connectivity index (χ3v) is 6.81. The largest absolute Gasteiger partial charge is 0.339 e. The van der Waals surface area contributed by atoms with Gasteiger partial charge in [-0.05, 0) is 49.4 Å². The highest BCUT2D eigenvalue weighted by molar-refractivity contribution is 7.14. The van der Waals surface area contributed by atoms with Gasteiger partial charge in [-0.25, -0.2) is 4.98 Å². The van der Waals surface area contributed by atoms with E-state index in [1.165, 1.54) is 0 Å². The molecule has 33 heavy (non-hydrogen) atoms. The molecule has 166 valence electrons. The molecule has 1 N–H and O–H groups in total. The molecule has 8 heteroatoms. The zero-order chi connectivity index (χ0) is 22.8. The number of carbonyl (C=O) groups is 2. The Balaban J connectivity index is 1.24. The molecule has 1 fully saturated rings. The Labute approximate surface area is 195 Å². The summed E-state index contributed by atoms with van der Waals surface area (Å²) in [6.07, 6.45) is 3.04. The summed E-state index contributed by atoms with van der Waals surface area (Å²) < 4.78 is 0. The molecular formula is C25H23N5O2S. The Morgan fingerprint density at radius 2 is 1.79 bits per heavy atom. The molecule has 3 heterocycles. The number of aryl methyl sites for hydroxylation is 1. The van der Waals surface area contributed by atoms with Gasteiger partial charge in [-0.3, -0.25) is 9.59 Å². The quantitative estimate of drug-likeness (QED) is 0.486. The molecule has 7 nitrogen and oxygen atoms in total. The van der Waals surface area contributed by atoms with Crippen LogP contribution in [0.4, 0.5) is 5.82 Å². The molecule has 0 aliphatic carbocycles. The lowest BCUT2D eigenvalue weighted by Crippen LogP contribution is -2.41. The molecule has 0 unspecified atom stereocenters. The molecule has 0 radical (unpaired) electrons. The number of carbonyl (C=O) groups excluding carboxylic acids is 2. The van der Waals surface area contributed by atoms with Crippen LogP contribution in [0.25, 0.3) is 21.3 Å². The Morgan fingerprint density at radius 1 is 1.00 bits per heavy atom. The van der Waals surface area contributed by atoms with Crippen LogP contribution in [0, 0.1) is 12.8 Å². The molecule has 5 rings (SSSR count). The van der Waals surface area contributed by atoms with Gasteiger partial charge >= 0.3 is 0 Å². The number of likely N-dealkylation sites (tertiary alicyclic amines) is 1. The lowest BCUT2D eigenvalue weighted by Gasteiger charge is -2.31. The number of nitrogens with zero attached hydrogens (tertiary/aromatic N) is 4. The van der Waals surface area contributed by atoms with E-state index in [4.69, 9.17) is 0 Å². The van der Waals surface area contributed by atoms with Crippen LogP contribution in [0.1, 0.15) is 28.2 Å². The van der Waals surface area contributed by atoms with E-state index >= 15 is 0 Å². The predicted octanol–water partition coefficient (Wildman–Crippen LogP) is 4.55. The van der Waals surface area contributed by atoms with Crippen molar-refractivity contribution in [2.24, 2.45) is 5.92 Å². The average Bonchev–Trinajstić information content (AvgIpc) is 3.30. The minimum Gasteiger partial charge on any atom is -0.339 e. The summed E-state index contributed by atoms with van der Waals surface area (Å²) in [5.41, 5.74) is 1.68. The van der Waals surface area contributed by atoms with Gasteiger partial charge in [0, 0.05) is 41.7 Å². The van der Waals surface area contributed by atoms with E-state index in [0.29, 0.717) is 37.3 Å². The first-order chi connectivity index (χ1) is 16.1. The number of fused-ring (bicyclic) bond motifs is 1. The first-order valence-electron chi connectivity index (χ1n) is 10.9. The normalized spacial score (nSPS) is 14.4. The van der Waals surface area contributed by atoms with Crippen molar-refractivity contribution >= 4 is 39.7 Å². The zero-order valence-electron chi connectivity index (χ0n) is 18.2. The minimum absolute atomic E-state index is 0.0204. The van der Waals surface area contributed by atoms with Crippen LogP contribution in [0.15, 0.2) is 60.8 Å². The highest BCUT2D eigenvalue weighted by Gasteiger charge is 2.28. The van der Waals surface area contributed by atoms with Crippen LogP contribution < -0.4 is 5.32 Å². The number of nitrogens with one attached hydrogen (secondary N) is 1. The highest BCUT2D eigenvalue weighted by atomic mass is 32.1. The Hall–Kier alpha value is -3.65. The third kappa shape index (κ3) is 4.61. The molecule has 0 bridgehead atoms. The lowest BCUT2D eigenvalue weighted by molar-refractivity contribution is -0.121. The van der Waals surface area contributed by atoms with Gasteiger partial charge in [0.25, 0.3) is 5.91 Å². The van der Waals surface area contributed by atoms with Crippen LogP contribution in [0.2, 0.25) is 0 Å². The number of aromatic nitrogens is 3. The maximum Gasteiger partial charge on any atom is 0.253 e. The lowest BCUT2D eigenvalue weighted by atomic mass is 9.95. The maximum atomic E-state index is 12.9. The predicted molar refractivity (Wildman–Crippen MR) is 129 cm³/mol. The SMILES string of the molecule is Cc1nnc(-c2ccc3cnc(NC(=O)C4CCN(C(=O)c5ccccc5)CC4)cc3c2)s1. The van der Waals surface area contributed by atoms with Gasteiger partial charge in [-0.1, -0.05) is 41.7 Å². The molecule has 1 aliphatic rings. The summed E-state index contributed by atoms with van der Waals surface area (Å²) >= 11 is 1.55. The van der Waals surface area contributed by atoms with Crippen molar-refractivity contribution in [2.75, 3.05) is 18.4 Å². The van der Waals surface area contributed by atoms with E-state index in [9.17, 15) is 9.59 Å².